The standard InChI is InChI=1S/C24H23NO/c1-4-24(2,3)23(26)17-13-15-18(16-14-17)25-21-11-7-5-9-19(21)20-10-6-8-12-22(20)25/h5-16H,4H2,1-3H3. The fourth-order valence-electron chi connectivity index (χ4n) is 3.51. The summed E-state index contributed by atoms with van der Waals surface area (Å²) in [6.07, 6.45) is 0.834. The molecule has 0 spiro atoms. The molecule has 1 heterocycles. The largest absolute Gasteiger partial charge is 0.309 e. The Labute approximate surface area is 154 Å². The second kappa shape index (κ2) is 6.14. The monoisotopic (exact) mass is 341 g/mol. The number of Topliss-reactive ketones (excluding diaryl/α,β-unsaturated/α-hetero) is 1. The molecule has 0 aliphatic rings. The van der Waals surface area contributed by atoms with Gasteiger partial charge in [-0.2, -0.15) is 0 Å². The minimum atomic E-state index is -0.325. The van der Waals surface area contributed by atoms with Crippen LogP contribution < -0.4 is 0 Å². The van der Waals surface area contributed by atoms with Gasteiger partial charge in [0.1, 0.15) is 0 Å². The predicted octanol–water partition coefficient (Wildman–Crippen LogP) is 6.40. The predicted molar refractivity (Wildman–Crippen MR) is 109 cm³/mol. The van der Waals surface area contributed by atoms with E-state index in [9.17, 15) is 4.79 Å². The van der Waals surface area contributed by atoms with Gasteiger partial charge in [-0.25, -0.2) is 0 Å². The lowest BCUT2D eigenvalue weighted by atomic mass is 9.82. The summed E-state index contributed by atoms with van der Waals surface area (Å²) in [6, 6.07) is 24.9. The van der Waals surface area contributed by atoms with Crippen LogP contribution in [-0.2, 0) is 0 Å². The molecule has 26 heavy (non-hydrogen) atoms. The molecular formula is C24H23NO. The fourth-order valence-corrected chi connectivity index (χ4v) is 3.51. The van der Waals surface area contributed by atoms with Gasteiger partial charge in [-0.3, -0.25) is 4.79 Å². The maximum atomic E-state index is 12.7. The van der Waals surface area contributed by atoms with Gasteiger partial charge in [0.15, 0.2) is 5.78 Å². The second-order valence-electron chi connectivity index (χ2n) is 7.48. The lowest BCUT2D eigenvalue weighted by molar-refractivity contribution is 0.0833. The van der Waals surface area contributed by atoms with Gasteiger partial charge in [-0.1, -0.05) is 57.2 Å². The van der Waals surface area contributed by atoms with Crippen LogP contribution in [0.3, 0.4) is 0 Å². The van der Waals surface area contributed by atoms with Crippen molar-refractivity contribution in [2.45, 2.75) is 27.2 Å². The zero-order valence-corrected chi connectivity index (χ0v) is 15.5. The fraction of sp³-hybridized carbons (Fsp3) is 0.208. The summed E-state index contributed by atoms with van der Waals surface area (Å²) < 4.78 is 2.27. The van der Waals surface area contributed by atoms with Gasteiger partial charge >= 0.3 is 0 Å². The first-order chi connectivity index (χ1) is 12.5. The van der Waals surface area contributed by atoms with Crippen LogP contribution in [0.4, 0.5) is 0 Å². The number of benzene rings is 3. The Hall–Kier alpha value is -2.87. The highest BCUT2D eigenvalue weighted by Crippen LogP contribution is 2.32. The van der Waals surface area contributed by atoms with Gasteiger partial charge in [0.25, 0.3) is 0 Å². The van der Waals surface area contributed by atoms with Crippen molar-refractivity contribution in [3.63, 3.8) is 0 Å². The highest BCUT2D eigenvalue weighted by Gasteiger charge is 2.26. The van der Waals surface area contributed by atoms with Gasteiger partial charge in [0.2, 0.25) is 0 Å². The van der Waals surface area contributed by atoms with Crippen molar-refractivity contribution in [1.82, 2.24) is 4.57 Å². The van der Waals surface area contributed by atoms with Gasteiger partial charge in [0.05, 0.1) is 11.0 Å². The van der Waals surface area contributed by atoms with Crippen molar-refractivity contribution in [2.75, 3.05) is 0 Å². The van der Waals surface area contributed by atoms with Gasteiger partial charge in [-0.15, -0.1) is 0 Å². The lowest BCUT2D eigenvalue weighted by Gasteiger charge is -2.21. The van der Waals surface area contributed by atoms with E-state index in [1.54, 1.807) is 0 Å². The van der Waals surface area contributed by atoms with Crippen LogP contribution in [0, 0.1) is 5.41 Å². The first-order valence-corrected chi connectivity index (χ1v) is 9.16. The van der Waals surface area contributed by atoms with E-state index in [1.807, 2.05) is 26.0 Å². The Morgan fingerprint density at radius 2 is 1.31 bits per heavy atom. The molecule has 2 nitrogen and oxygen atoms in total. The zero-order chi connectivity index (χ0) is 18.3. The molecule has 1 aromatic heterocycles. The SMILES string of the molecule is CCC(C)(C)C(=O)c1ccc(-n2c3ccccc3c3ccccc32)cc1. The summed E-state index contributed by atoms with van der Waals surface area (Å²) in [5.74, 6) is 0.203. The van der Waals surface area contributed by atoms with E-state index in [0.717, 1.165) is 17.7 Å². The molecule has 0 atom stereocenters. The van der Waals surface area contributed by atoms with E-state index < -0.39 is 0 Å². The summed E-state index contributed by atoms with van der Waals surface area (Å²) in [7, 11) is 0. The number of hydrogen-bond acceptors (Lipinski definition) is 1. The highest BCUT2D eigenvalue weighted by molar-refractivity contribution is 6.09. The molecule has 0 aliphatic heterocycles. The van der Waals surface area contributed by atoms with Crippen LogP contribution in [0.2, 0.25) is 0 Å². The van der Waals surface area contributed by atoms with Gasteiger partial charge < -0.3 is 4.57 Å². The maximum Gasteiger partial charge on any atom is 0.168 e. The third-order valence-electron chi connectivity index (χ3n) is 5.47. The van der Waals surface area contributed by atoms with E-state index >= 15 is 0 Å². The molecule has 0 bridgehead atoms. The van der Waals surface area contributed by atoms with E-state index in [4.69, 9.17) is 0 Å². The van der Waals surface area contributed by atoms with Gasteiger partial charge in [-0.05, 0) is 42.8 Å². The maximum absolute atomic E-state index is 12.7. The Morgan fingerprint density at radius 3 is 1.81 bits per heavy atom. The minimum absolute atomic E-state index is 0.203. The minimum Gasteiger partial charge on any atom is -0.309 e. The van der Waals surface area contributed by atoms with Crippen LogP contribution in [0.1, 0.15) is 37.6 Å². The first kappa shape index (κ1) is 16.6. The van der Waals surface area contributed by atoms with Crippen molar-refractivity contribution in [3.05, 3.63) is 78.4 Å². The van der Waals surface area contributed by atoms with E-state index in [1.165, 1.54) is 21.8 Å². The number of ketones is 1. The molecule has 0 radical (unpaired) electrons. The summed E-state index contributed by atoms with van der Waals surface area (Å²) >= 11 is 0. The first-order valence-electron chi connectivity index (χ1n) is 9.16. The molecule has 0 amide bonds. The van der Waals surface area contributed by atoms with Crippen molar-refractivity contribution in [2.24, 2.45) is 5.41 Å². The van der Waals surface area contributed by atoms with E-state index in [0.29, 0.717) is 0 Å². The normalized spacial score (nSPS) is 12.0. The summed E-state index contributed by atoms with van der Waals surface area (Å²) in [5, 5.41) is 2.49. The molecule has 0 unspecified atom stereocenters. The molecule has 4 rings (SSSR count). The van der Waals surface area contributed by atoms with Crippen LogP contribution in [0.15, 0.2) is 72.8 Å². The number of rotatable bonds is 4. The highest BCUT2D eigenvalue weighted by atomic mass is 16.1. The molecule has 0 aliphatic carbocycles. The van der Waals surface area contributed by atoms with Gasteiger partial charge in [0, 0.05) is 27.4 Å². The van der Waals surface area contributed by atoms with Crippen molar-refractivity contribution < 1.29 is 4.79 Å². The molecule has 2 heteroatoms. The average molecular weight is 341 g/mol. The quantitative estimate of drug-likeness (QED) is 0.393. The van der Waals surface area contributed by atoms with E-state index in [-0.39, 0.29) is 11.2 Å². The number of carbonyl (C=O) groups is 1. The number of aromatic nitrogens is 1. The molecular weight excluding hydrogens is 318 g/mol. The number of hydrogen-bond donors (Lipinski definition) is 0. The summed E-state index contributed by atoms with van der Waals surface area (Å²) in [6.45, 7) is 6.08. The molecule has 0 saturated carbocycles. The molecule has 3 aromatic carbocycles. The molecule has 0 fully saturated rings. The summed E-state index contributed by atoms with van der Waals surface area (Å²) in [5.41, 5.74) is 3.90. The van der Waals surface area contributed by atoms with Crippen molar-refractivity contribution in [3.8, 4) is 5.69 Å². The Morgan fingerprint density at radius 1 is 0.808 bits per heavy atom. The molecule has 0 N–H and O–H groups in total. The van der Waals surface area contributed by atoms with Crippen LogP contribution in [0.5, 0.6) is 0 Å². The van der Waals surface area contributed by atoms with Crippen molar-refractivity contribution >= 4 is 27.6 Å². The van der Waals surface area contributed by atoms with Crippen LogP contribution in [0.25, 0.3) is 27.5 Å². The van der Waals surface area contributed by atoms with E-state index in [2.05, 4.69) is 72.2 Å². The molecule has 130 valence electrons. The Bertz CT molecular complexity index is 1050. The third-order valence-corrected chi connectivity index (χ3v) is 5.47. The summed E-state index contributed by atoms with van der Waals surface area (Å²) in [4.78, 5) is 12.7. The molecule has 4 aromatic rings. The van der Waals surface area contributed by atoms with Crippen LogP contribution >= 0.6 is 0 Å². The number of carbonyl (C=O) groups excluding carboxylic acids is 1. The number of fused-ring (bicyclic) bond motifs is 3. The Balaban J connectivity index is 1.87. The average Bonchev–Trinajstić information content (AvgIpc) is 3.02. The van der Waals surface area contributed by atoms with Crippen LogP contribution in [-0.4, -0.2) is 10.4 Å². The lowest BCUT2D eigenvalue weighted by Crippen LogP contribution is -2.23. The Kier molecular flexibility index (Phi) is 3.91. The smallest absolute Gasteiger partial charge is 0.168 e. The second-order valence-corrected chi connectivity index (χ2v) is 7.48. The van der Waals surface area contributed by atoms with Crippen molar-refractivity contribution in [1.29, 1.82) is 0 Å². The number of nitrogens with zero attached hydrogens (tertiary/aromatic N) is 1. The third kappa shape index (κ3) is 2.53. The topological polar surface area (TPSA) is 22.0 Å². The molecule has 0 saturated heterocycles. The zero-order valence-electron chi connectivity index (χ0n) is 15.5. The number of para-hydroxylation sites is 2.